The van der Waals surface area contributed by atoms with Crippen LogP contribution in [-0.2, 0) is 26.2 Å². The molecule has 0 bridgehead atoms. The summed E-state index contributed by atoms with van der Waals surface area (Å²) in [6.45, 7) is 8.80. The van der Waals surface area contributed by atoms with Gasteiger partial charge in [0.15, 0.2) is 5.82 Å². The van der Waals surface area contributed by atoms with Gasteiger partial charge in [-0.05, 0) is 116 Å². The molecule has 3 aromatic carbocycles. The fourth-order valence-corrected chi connectivity index (χ4v) is 11.3. The van der Waals surface area contributed by atoms with Gasteiger partial charge in [0.1, 0.15) is 17.5 Å². The molecule has 4 aliphatic heterocycles. The molecule has 2 aromatic heterocycles. The first-order valence-corrected chi connectivity index (χ1v) is 23.7. The van der Waals surface area contributed by atoms with Crippen molar-refractivity contribution in [2.24, 2.45) is 11.8 Å². The molecule has 3 N–H and O–H groups in total. The average molecular weight is 892 g/mol. The molecule has 64 heavy (non-hydrogen) atoms. The van der Waals surface area contributed by atoms with E-state index in [-0.39, 0.29) is 35.5 Å². The SMILES string of the molecule is CC(C)CS(=O)(=O)Nc1ccc(F)c(C(=O)c2c[nH]c3ncc(-c4ccc(N5CCC(CN6CCC(c7ccc8c(c7)CN([C@H]7CCC(=O)NC7=O)C8=O)CC6)CC5)cc4)cc23)c1F. The third kappa shape index (κ3) is 8.77. The molecule has 9 rings (SSSR count). The molecule has 13 nitrogen and oxygen atoms in total. The van der Waals surface area contributed by atoms with Crippen molar-refractivity contribution in [3.8, 4) is 11.1 Å². The number of anilines is 2. The van der Waals surface area contributed by atoms with Crippen LogP contribution in [0.2, 0.25) is 0 Å². The van der Waals surface area contributed by atoms with E-state index in [1.807, 2.05) is 18.2 Å². The van der Waals surface area contributed by atoms with Crippen molar-refractivity contribution in [1.29, 1.82) is 0 Å². The van der Waals surface area contributed by atoms with Gasteiger partial charge < -0.3 is 19.7 Å². The summed E-state index contributed by atoms with van der Waals surface area (Å²) in [7, 11) is -3.94. The van der Waals surface area contributed by atoms with Gasteiger partial charge in [0, 0.05) is 72.8 Å². The number of benzene rings is 3. The topological polar surface area (TPSA) is 165 Å². The van der Waals surface area contributed by atoms with Crippen LogP contribution in [0.5, 0.6) is 0 Å². The van der Waals surface area contributed by atoms with Crippen LogP contribution in [0.25, 0.3) is 22.2 Å². The van der Waals surface area contributed by atoms with Crippen molar-refractivity contribution in [2.75, 3.05) is 48.1 Å². The monoisotopic (exact) mass is 891 g/mol. The molecule has 1 atom stereocenters. The number of likely N-dealkylation sites (tertiary alicyclic amines) is 1. The molecule has 0 saturated carbocycles. The fourth-order valence-electron chi connectivity index (χ4n) is 9.87. The number of hydrogen-bond donors (Lipinski definition) is 3. The number of ketones is 1. The summed E-state index contributed by atoms with van der Waals surface area (Å²) in [4.78, 5) is 65.0. The van der Waals surface area contributed by atoms with E-state index < -0.39 is 50.6 Å². The van der Waals surface area contributed by atoms with Gasteiger partial charge in [0.2, 0.25) is 27.6 Å². The highest BCUT2D eigenvalue weighted by molar-refractivity contribution is 7.92. The van der Waals surface area contributed by atoms with Crippen molar-refractivity contribution in [2.45, 2.75) is 70.9 Å². The highest BCUT2D eigenvalue weighted by Crippen LogP contribution is 2.36. The van der Waals surface area contributed by atoms with E-state index in [9.17, 15) is 27.6 Å². The number of carbonyl (C=O) groups is 4. The largest absolute Gasteiger partial charge is 0.372 e. The Morgan fingerprint density at radius 3 is 2.38 bits per heavy atom. The second kappa shape index (κ2) is 17.5. The number of amides is 3. The van der Waals surface area contributed by atoms with Crippen LogP contribution >= 0.6 is 0 Å². The van der Waals surface area contributed by atoms with Crippen molar-refractivity contribution < 1.29 is 36.4 Å². The zero-order valence-corrected chi connectivity index (χ0v) is 36.6. The third-order valence-electron chi connectivity index (χ3n) is 13.2. The first-order chi connectivity index (χ1) is 30.7. The Morgan fingerprint density at radius 2 is 1.66 bits per heavy atom. The number of piperidine rings is 3. The molecule has 5 aromatic rings. The maximum atomic E-state index is 15.6. The first-order valence-electron chi connectivity index (χ1n) is 22.1. The lowest BCUT2D eigenvalue weighted by Crippen LogP contribution is -2.52. The Labute approximate surface area is 370 Å². The average Bonchev–Trinajstić information content (AvgIpc) is 3.85. The number of rotatable bonds is 12. The summed E-state index contributed by atoms with van der Waals surface area (Å²) in [5, 5.41) is 2.75. The zero-order chi connectivity index (χ0) is 44.9. The Bertz CT molecular complexity index is 2760. The van der Waals surface area contributed by atoms with E-state index >= 15 is 8.78 Å². The lowest BCUT2D eigenvalue weighted by atomic mass is 9.87. The molecule has 0 unspecified atom stereocenters. The molecular weight excluding hydrogens is 841 g/mol. The summed E-state index contributed by atoms with van der Waals surface area (Å²) < 4.78 is 57.9. The third-order valence-corrected chi connectivity index (χ3v) is 14.9. The Balaban J connectivity index is 0.781. The van der Waals surface area contributed by atoms with Gasteiger partial charge in [-0.25, -0.2) is 22.2 Å². The molecule has 0 aliphatic carbocycles. The maximum Gasteiger partial charge on any atom is 0.255 e. The van der Waals surface area contributed by atoms with Gasteiger partial charge in [-0.1, -0.05) is 38.1 Å². The molecule has 3 amide bonds. The van der Waals surface area contributed by atoms with E-state index in [1.165, 1.54) is 11.8 Å². The normalized spacial score (nSPS) is 19.1. The van der Waals surface area contributed by atoms with Gasteiger partial charge in [-0.3, -0.25) is 29.2 Å². The highest BCUT2D eigenvalue weighted by atomic mass is 32.2. The molecule has 334 valence electrons. The number of nitrogens with zero attached hydrogens (tertiary/aromatic N) is 4. The number of pyridine rings is 1. The van der Waals surface area contributed by atoms with E-state index in [0.29, 0.717) is 47.0 Å². The lowest BCUT2D eigenvalue weighted by molar-refractivity contribution is -0.136. The molecule has 16 heteroatoms. The number of aromatic amines is 1. The summed E-state index contributed by atoms with van der Waals surface area (Å²) in [5.41, 5.74) is 4.56. The van der Waals surface area contributed by atoms with E-state index in [2.05, 4.69) is 54.1 Å². The smallest absolute Gasteiger partial charge is 0.255 e. The van der Waals surface area contributed by atoms with Gasteiger partial charge in [0.25, 0.3) is 5.91 Å². The number of sulfonamides is 1. The van der Waals surface area contributed by atoms with E-state index in [1.54, 1.807) is 31.0 Å². The van der Waals surface area contributed by atoms with Gasteiger partial charge >= 0.3 is 0 Å². The second-order valence-electron chi connectivity index (χ2n) is 18.1. The minimum absolute atomic E-state index is 0.00705. The Kier molecular flexibility index (Phi) is 11.8. The number of carbonyl (C=O) groups excluding carboxylic acids is 4. The van der Waals surface area contributed by atoms with Crippen LogP contribution in [0, 0.1) is 23.5 Å². The van der Waals surface area contributed by atoms with Crippen molar-refractivity contribution >= 4 is 55.9 Å². The van der Waals surface area contributed by atoms with Crippen molar-refractivity contribution in [3.63, 3.8) is 0 Å². The first kappa shape index (κ1) is 43.3. The minimum Gasteiger partial charge on any atom is -0.372 e. The molecule has 4 aliphatic rings. The summed E-state index contributed by atoms with van der Waals surface area (Å²) >= 11 is 0. The van der Waals surface area contributed by atoms with Crippen LogP contribution in [0.1, 0.15) is 95.7 Å². The molecule has 3 fully saturated rings. The Morgan fingerprint density at radius 1 is 0.906 bits per heavy atom. The second-order valence-corrected chi connectivity index (χ2v) is 19.8. The highest BCUT2D eigenvalue weighted by Gasteiger charge is 2.39. The predicted molar refractivity (Wildman–Crippen MR) is 239 cm³/mol. The number of imide groups is 1. The van der Waals surface area contributed by atoms with E-state index in [4.69, 9.17) is 0 Å². The number of hydrogen-bond acceptors (Lipinski definition) is 9. The van der Waals surface area contributed by atoms with E-state index in [0.717, 1.165) is 87.4 Å². The number of nitrogens with one attached hydrogen (secondary N) is 3. The van der Waals surface area contributed by atoms with Gasteiger partial charge in [-0.2, -0.15) is 0 Å². The summed E-state index contributed by atoms with van der Waals surface area (Å²) in [5.74, 6) is -3.63. The van der Waals surface area contributed by atoms with Gasteiger partial charge in [-0.15, -0.1) is 0 Å². The van der Waals surface area contributed by atoms with Crippen molar-refractivity contribution in [1.82, 2.24) is 25.1 Å². The fraction of sp³-hybridized carbons (Fsp3) is 0.396. The van der Waals surface area contributed by atoms with Crippen LogP contribution in [0.4, 0.5) is 20.2 Å². The van der Waals surface area contributed by atoms with Gasteiger partial charge in [0.05, 0.1) is 17.0 Å². The summed E-state index contributed by atoms with van der Waals surface area (Å²) in [6.07, 6.45) is 7.90. The quantitative estimate of drug-likeness (QED) is 0.0885. The maximum absolute atomic E-state index is 15.6. The molecule has 0 radical (unpaired) electrons. The molecule has 0 spiro atoms. The minimum atomic E-state index is -3.94. The number of H-pyrrole nitrogens is 1. The number of aromatic nitrogens is 2. The predicted octanol–water partition coefficient (Wildman–Crippen LogP) is 6.99. The molecule has 3 saturated heterocycles. The van der Waals surface area contributed by atoms with Crippen LogP contribution in [-0.4, -0.2) is 96.2 Å². The van der Waals surface area contributed by atoms with Crippen molar-refractivity contribution in [3.05, 3.63) is 113 Å². The van der Waals surface area contributed by atoms with Crippen LogP contribution in [0.3, 0.4) is 0 Å². The molecular formula is C48H51F2N7O6S. The standard InChI is InChI=1S/C48H51F2N7O6S/c1-28(2)27-64(62,63)54-40-10-9-39(49)43(44(40)50)45(59)38-24-52-46-37(38)22-33(23-51-46)30-3-6-35(7-4-30)56-19-13-29(14-20-56)25-55-17-15-31(16-18-55)32-5-8-36-34(21-32)26-57(48(36)61)41-11-12-42(58)53-47(41)60/h3-10,21-24,28-29,31,41,54H,11-20,25-27H2,1-2H3,(H,51,52)(H,53,58,60)/t41-/m0/s1. The summed E-state index contributed by atoms with van der Waals surface area (Å²) in [6, 6.07) is 17.3. The molecule has 6 heterocycles. The Hall–Kier alpha value is -6.00. The van der Waals surface area contributed by atoms with Crippen LogP contribution in [0.15, 0.2) is 73.1 Å². The zero-order valence-electron chi connectivity index (χ0n) is 35.8. The lowest BCUT2D eigenvalue weighted by Gasteiger charge is -2.38. The number of fused-ring (bicyclic) bond motifs is 2. The van der Waals surface area contributed by atoms with Crippen LogP contribution < -0.4 is 14.9 Å². The number of halogens is 2.